The van der Waals surface area contributed by atoms with Crippen molar-refractivity contribution < 1.29 is 23.7 Å². The third-order valence-corrected chi connectivity index (χ3v) is 5.65. The SMILES string of the molecule is COc1ccc(OC)c(-c2nnc3ccc(OCCNC(=O)COc4ccc(C(C)(C)C)cc4)nn23)c1. The summed E-state index contributed by atoms with van der Waals surface area (Å²) < 4.78 is 23.7. The lowest BCUT2D eigenvalue weighted by Crippen LogP contribution is -2.32. The minimum absolute atomic E-state index is 0.0627. The number of hydrogen-bond acceptors (Lipinski definition) is 8. The third kappa shape index (κ3) is 6.27. The first kappa shape index (κ1) is 25.7. The average Bonchev–Trinajstić information content (AvgIpc) is 3.32. The Labute approximate surface area is 215 Å². The van der Waals surface area contributed by atoms with E-state index in [0.29, 0.717) is 46.7 Å². The molecule has 10 nitrogen and oxygen atoms in total. The van der Waals surface area contributed by atoms with Gasteiger partial charge in [0.1, 0.15) is 23.9 Å². The van der Waals surface area contributed by atoms with Crippen LogP contribution in [0, 0.1) is 0 Å². The fourth-order valence-corrected chi connectivity index (χ4v) is 3.60. The molecule has 0 spiro atoms. The van der Waals surface area contributed by atoms with Gasteiger partial charge in [0.05, 0.1) is 26.3 Å². The molecule has 0 aliphatic carbocycles. The Hall–Kier alpha value is -4.34. The molecule has 0 saturated carbocycles. The van der Waals surface area contributed by atoms with Crippen molar-refractivity contribution in [1.29, 1.82) is 0 Å². The number of rotatable bonds is 10. The van der Waals surface area contributed by atoms with Crippen molar-refractivity contribution in [1.82, 2.24) is 25.1 Å². The van der Waals surface area contributed by atoms with Gasteiger partial charge in [-0.2, -0.15) is 4.52 Å². The van der Waals surface area contributed by atoms with Crippen LogP contribution in [0.25, 0.3) is 17.0 Å². The second-order valence-electron chi connectivity index (χ2n) is 9.29. The lowest BCUT2D eigenvalue weighted by Gasteiger charge is -2.19. The Bertz CT molecular complexity index is 1360. The summed E-state index contributed by atoms with van der Waals surface area (Å²) in [6.07, 6.45) is 0. The molecular formula is C27H31N5O5. The summed E-state index contributed by atoms with van der Waals surface area (Å²) in [4.78, 5) is 12.2. The van der Waals surface area contributed by atoms with Gasteiger partial charge in [0.15, 0.2) is 18.1 Å². The summed E-state index contributed by atoms with van der Waals surface area (Å²) in [6, 6.07) is 16.6. The molecule has 0 aliphatic rings. The maximum absolute atomic E-state index is 12.2. The molecule has 10 heteroatoms. The van der Waals surface area contributed by atoms with Gasteiger partial charge < -0.3 is 24.3 Å². The maximum atomic E-state index is 12.2. The van der Waals surface area contributed by atoms with E-state index >= 15 is 0 Å². The summed E-state index contributed by atoms with van der Waals surface area (Å²) >= 11 is 0. The van der Waals surface area contributed by atoms with Crippen molar-refractivity contribution in [3.63, 3.8) is 0 Å². The van der Waals surface area contributed by atoms with Crippen LogP contribution in [0.1, 0.15) is 26.3 Å². The minimum Gasteiger partial charge on any atom is -0.497 e. The Kier molecular flexibility index (Phi) is 7.76. The van der Waals surface area contributed by atoms with Gasteiger partial charge >= 0.3 is 0 Å². The molecule has 1 N–H and O–H groups in total. The average molecular weight is 506 g/mol. The second kappa shape index (κ2) is 11.2. The summed E-state index contributed by atoms with van der Waals surface area (Å²) in [5.74, 6) is 2.52. The van der Waals surface area contributed by atoms with Crippen LogP contribution >= 0.6 is 0 Å². The Morgan fingerprint density at radius 2 is 1.68 bits per heavy atom. The highest BCUT2D eigenvalue weighted by atomic mass is 16.5. The van der Waals surface area contributed by atoms with Crippen LogP contribution in [0.2, 0.25) is 0 Å². The van der Waals surface area contributed by atoms with Crippen molar-refractivity contribution >= 4 is 11.6 Å². The fourth-order valence-electron chi connectivity index (χ4n) is 3.60. The first-order valence-corrected chi connectivity index (χ1v) is 11.9. The smallest absolute Gasteiger partial charge is 0.258 e. The predicted octanol–water partition coefficient (Wildman–Crippen LogP) is 3.68. The molecule has 1 amide bonds. The van der Waals surface area contributed by atoms with E-state index in [4.69, 9.17) is 18.9 Å². The number of nitrogens with zero attached hydrogens (tertiary/aromatic N) is 4. The molecule has 0 fully saturated rings. The number of carbonyl (C=O) groups is 1. The van der Waals surface area contributed by atoms with E-state index in [-0.39, 0.29) is 24.5 Å². The van der Waals surface area contributed by atoms with E-state index in [1.807, 2.05) is 24.3 Å². The van der Waals surface area contributed by atoms with E-state index in [2.05, 4.69) is 41.4 Å². The van der Waals surface area contributed by atoms with Crippen LogP contribution in [0.3, 0.4) is 0 Å². The molecule has 37 heavy (non-hydrogen) atoms. The molecule has 2 aromatic heterocycles. The molecule has 0 aliphatic heterocycles. The van der Waals surface area contributed by atoms with Crippen LogP contribution in [-0.2, 0) is 10.2 Å². The molecule has 4 aromatic rings. The number of ether oxygens (including phenoxy) is 4. The van der Waals surface area contributed by atoms with Crippen LogP contribution < -0.4 is 24.3 Å². The number of amides is 1. The van der Waals surface area contributed by atoms with Crippen molar-refractivity contribution in [2.75, 3.05) is 34.0 Å². The van der Waals surface area contributed by atoms with Gasteiger partial charge in [-0.1, -0.05) is 32.9 Å². The van der Waals surface area contributed by atoms with Gasteiger partial charge in [-0.05, 0) is 47.4 Å². The maximum Gasteiger partial charge on any atom is 0.258 e. The van der Waals surface area contributed by atoms with Gasteiger partial charge in [-0.25, -0.2) is 0 Å². The standard InChI is InChI=1S/C27H31N5O5/c1-27(2,3)18-6-8-19(9-7-18)37-17-24(33)28-14-15-36-25-13-12-23-29-30-26(32(23)31-25)21-16-20(34-4)10-11-22(21)35-5/h6-13,16H,14-15,17H2,1-5H3,(H,28,33). The van der Waals surface area contributed by atoms with E-state index in [0.717, 1.165) is 0 Å². The summed E-state index contributed by atoms with van der Waals surface area (Å²) in [7, 11) is 3.17. The number of methoxy groups -OCH3 is 2. The van der Waals surface area contributed by atoms with Crippen molar-refractivity contribution in [3.05, 3.63) is 60.2 Å². The van der Waals surface area contributed by atoms with E-state index < -0.39 is 0 Å². The van der Waals surface area contributed by atoms with Crippen LogP contribution in [0.5, 0.6) is 23.1 Å². The van der Waals surface area contributed by atoms with E-state index in [1.165, 1.54) is 5.56 Å². The van der Waals surface area contributed by atoms with Crippen LogP contribution in [-0.4, -0.2) is 59.7 Å². The number of nitrogens with one attached hydrogen (secondary N) is 1. The van der Waals surface area contributed by atoms with Crippen molar-refractivity contribution in [2.24, 2.45) is 0 Å². The lowest BCUT2D eigenvalue weighted by molar-refractivity contribution is -0.123. The number of hydrogen-bond donors (Lipinski definition) is 1. The van der Waals surface area contributed by atoms with Gasteiger partial charge in [0, 0.05) is 6.07 Å². The topological polar surface area (TPSA) is 109 Å². The quantitative estimate of drug-likeness (QED) is 0.325. The molecule has 0 radical (unpaired) electrons. The zero-order valence-corrected chi connectivity index (χ0v) is 21.6. The summed E-state index contributed by atoms with van der Waals surface area (Å²) in [5, 5.41) is 15.7. The molecule has 4 rings (SSSR count). The van der Waals surface area contributed by atoms with Crippen molar-refractivity contribution in [3.8, 4) is 34.5 Å². The fraction of sp³-hybridized carbons (Fsp3) is 0.333. The Morgan fingerprint density at radius 3 is 2.38 bits per heavy atom. The number of carbonyl (C=O) groups excluding carboxylic acids is 1. The largest absolute Gasteiger partial charge is 0.497 e. The molecule has 2 aromatic carbocycles. The van der Waals surface area contributed by atoms with E-state index in [9.17, 15) is 4.79 Å². The molecule has 0 atom stereocenters. The number of fused-ring (bicyclic) bond motifs is 1. The second-order valence-corrected chi connectivity index (χ2v) is 9.29. The van der Waals surface area contributed by atoms with Gasteiger partial charge in [0.2, 0.25) is 5.88 Å². The number of benzene rings is 2. The van der Waals surface area contributed by atoms with Gasteiger partial charge in [-0.3, -0.25) is 4.79 Å². The molecule has 2 heterocycles. The monoisotopic (exact) mass is 505 g/mol. The third-order valence-electron chi connectivity index (χ3n) is 5.65. The van der Waals surface area contributed by atoms with Crippen LogP contribution in [0.4, 0.5) is 0 Å². The molecule has 0 saturated heterocycles. The first-order valence-electron chi connectivity index (χ1n) is 11.9. The van der Waals surface area contributed by atoms with Gasteiger partial charge in [-0.15, -0.1) is 15.3 Å². The Morgan fingerprint density at radius 1 is 0.919 bits per heavy atom. The summed E-state index contributed by atoms with van der Waals surface area (Å²) in [6.45, 7) is 6.89. The minimum atomic E-state index is -0.238. The van der Waals surface area contributed by atoms with Gasteiger partial charge in [0.25, 0.3) is 5.91 Å². The first-order chi connectivity index (χ1) is 17.8. The highest BCUT2D eigenvalue weighted by Gasteiger charge is 2.16. The predicted molar refractivity (Wildman–Crippen MR) is 138 cm³/mol. The van der Waals surface area contributed by atoms with Crippen molar-refractivity contribution in [2.45, 2.75) is 26.2 Å². The molecule has 0 unspecified atom stereocenters. The summed E-state index contributed by atoms with van der Waals surface area (Å²) in [5.41, 5.74) is 2.50. The van der Waals surface area contributed by atoms with Crippen LogP contribution in [0.15, 0.2) is 54.6 Å². The molecule has 194 valence electrons. The lowest BCUT2D eigenvalue weighted by atomic mass is 9.87. The number of aromatic nitrogens is 4. The molecular weight excluding hydrogens is 474 g/mol. The normalized spacial score (nSPS) is 11.3. The zero-order valence-electron chi connectivity index (χ0n) is 21.6. The Balaban J connectivity index is 1.31. The van der Waals surface area contributed by atoms with E-state index in [1.54, 1.807) is 49.1 Å². The highest BCUT2D eigenvalue weighted by Crippen LogP contribution is 2.32. The zero-order chi connectivity index (χ0) is 26.4. The molecule has 0 bridgehead atoms. The highest BCUT2D eigenvalue weighted by molar-refractivity contribution is 5.77.